The molecular weight excluding hydrogens is 328 g/mol. The van der Waals surface area contributed by atoms with Gasteiger partial charge >= 0.3 is 0 Å². The van der Waals surface area contributed by atoms with Crippen molar-refractivity contribution in [1.82, 2.24) is 9.97 Å². The highest BCUT2D eigenvalue weighted by Crippen LogP contribution is 2.26. The number of pyridine rings is 1. The second-order valence-corrected chi connectivity index (χ2v) is 6.59. The van der Waals surface area contributed by atoms with Gasteiger partial charge in [0, 0.05) is 15.8 Å². The molecule has 3 aromatic rings. The number of rotatable bonds is 4. The van der Waals surface area contributed by atoms with Gasteiger partial charge in [0.05, 0.1) is 33.9 Å². The molecule has 0 radical (unpaired) electrons. The Bertz CT molecular complexity index is 897. The number of aryl methyl sites for hydroxylation is 1. The normalized spacial score (nSPS) is 12.1. The Hall–Kier alpha value is -2.16. The minimum atomic E-state index is 0.0235. The number of benzene rings is 1. The summed E-state index contributed by atoms with van der Waals surface area (Å²) in [5.41, 5.74) is 2.29. The molecule has 1 unspecified atom stereocenters. The monoisotopic (exact) mass is 342 g/mol. The molecule has 116 valence electrons. The lowest BCUT2D eigenvalue weighted by atomic mass is 10.1. The first-order valence-electron chi connectivity index (χ1n) is 7.32. The summed E-state index contributed by atoms with van der Waals surface area (Å²) in [6, 6.07) is 9.36. The summed E-state index contributed by atoms with van der Waals surface area (Å²) in [7, 11) is 0. The van der Waals surface area contributed by atoms with Gasteiger partial charge in [-0.05, 0) is 37.6 Å². The van der Waals surface area contributed by atoms with E-state index >= 15 is 0 Å². The van der Waals surface area contributed by atoms with Crippen molar-refractivity contribution in [2.45, 2.75) is 26.3 Å². The molecule has 0 spiro atoms. The highest BCUT2D eigenvalue weighted by molar-refractivity contribution is 7.09. The molecule has 6 heteroatoms. The Morgan fingerprint density at radius 2 is 2.17 bits per heavy atom. The molecule has 23 heavy (non-hydrogen) atoms. The van der Waals surface area contributed by atoms with Gasteiger partial charge < -0.3 is 5.32 Å². The number of hydrogen-bond donors (Lipinski definition) is 1. The fourth-order valence-electron chi connectivity index (χ4n) is 2.35. The maximum Gasteiger partial charge on any atom is 0.128 e. The number of anilines is 1. The van der Waals surface area contributed by atoms with Gasteiger partial charge in [0.2, 0.25) is 0 Å². The zero-order chi connectivity index (χ0) is 16.4. The molecule has 2 aromatic heterocycles. The van der Waals surface area contributed by atoms with Crippen LogP contribution in [0.2, 0.25) is 5.02 Å². The molecule has 2 heterocycles. The SMILES string of the molecule is CCc1nc(C(C)Nc2cc(C#N)c3cc(Cl)ccc3n2)cs1. The predicted molar refractivity (Wildman–Crippen MR) is 95.0 cm³/mol. The molecule has 0 amide bonds. The van der Waals surface area contributed by atoms with Crippen LogP contribution in [-0.2, 0) is 6.42 Å². The first kappa shape index (κ1) is 15.7. The van der Waals surface area contributed by atoms with Gasteiger partial charge in [-0.3, -0.25) is 0 Å². The van der Waals surface area contributed by atoms with E-state index in [2.05, 4.69) is 33.7 Å². The van der Waals surface area contributed by atoms with E-state index in [9.17, 15) is 5.26 Å². The lowest BCUT2D eigenvalue weighted by Gasteiger charge is -2.13. The molecule has 0 aliphatic carbocycles. The van der Waals surface area contributed by atoms with Crippen LogP contribution in [-0.4, -0.2) is 9.97 Å². The summed E-state index contributed by atoms with van der Waals surface area (Å²) in [6.07, 6.45) is 0.935. The zero-order valence-electron chi connectivity index (χ0n) is 12.8. The smallest absolute Gasteiger partial charge is 0.128 e. The number of nitriles is 1. The average molecular weight is 343 g/mol. The van der Waals surface area contributed by atoms with E-state index in [0.29, 0.717) is 16.4 Å². The predicted octanol–water partition coefficient (Wildman–Crippen LogP) is 4.95. The summed E-state index contributed by atoms with van der Waals surface area (Å²) >= 11 is 7.67. The highest BCUT2D eigenvalue weighted by Gasteiger charge is 2.12. The summed E-state index contributed by atoms with van der Waals surface area (Å²) < 4.78 is 0. The standard InChI is InChI=1S/C17H15ClN4S/c1-3-17-22-15(9-23-17)10(2)20-16-6-11(8-19)13-7-12(18)4-5-14(13)21-16/h4-7,9-10H,3H2,1-2H3,(H,20,21). The van der Waals surface area contributed by atoms with Gasteiger partial charge in [0.1, 0.15) is 5.82 Å². The minimum absolute atomic E-state index is 0.0235. The fraction of sp³-hybridized carbons (Fsp3) is 0.235. The van der Waals surface area contributed by atoms with E-state index in [0.717, 1.165) is 28.0 Å². The zero-order valence-corrected chi connectivity index (χ0v) is 14.4. The van der Waals surface area contributed by atoms with E-state index in [4.69, 9.17) is 11.6 Å². The second kappa shape index (κ2) is 6.53. The number of thiazole rings is 1. The number of hydrogen-bond acceptors (Lipinski definition) is 5. The van der Waals surface area contributed by atoms with E-state index in [1.54, 1.807) is 29.5 Å². The van der Waals surface area contributed by atoms with E-state index in [1.165, 1.54) is 0 Å². The molecule has 1 N–H and O–H groups in total. The van der Waals surface area contributed by atoms with Gasteiger partial charge in [0.15, 0.2) is 0 Å². The van der Waals surface area contributed by atoms with Crippen molar-refractivity contribution in [1.29, 1.82) is 5.26 Å². The van der Waals surface area contributed by atoms with Crippen molar-refractivity contribution in [3.8, 4) is 6.07 Å². The molecule has 0 saturated carbocycles. The van der Waals surface area contributed by atoms with Crippen molar-refractivity contribution >= 4 is 39.7 Å². The number of halogens is 1. The minimum Gasteiger partial charge on any atom is -0.362 e. The molecule has 0 aliphatic heterocycles. The third-order valence-corrected chi connectivity index (χ3v) is 4.82. The number of aromatic nitrogens is 2. The molecule has 0 aliphatic rings. The molecule has 0 fully saturated rings. The number of nitrogens with one attached hydrogen (secondary N) is 1. The third-order valence-electron chi connectivity index (χ3n) is 3.57. The Morgan fingerprint density at radius 3 is 2.87 bits per heavy atom. The fourth-order valence-corrected chi connectivity index (χ4v) is 3.36. The summed E-state index contributed by atoms with van der Waals surface area (Å²) in [6.45, 7) is 4.13. The van der Waals surface area contributed by atoms with Crippen molar-refractivity contribution < 1.29 is 0 Å². The Kier molecular flexibility index (Phi) is 4.46. The molecule has 1 atom stereocenters. The van der Waals surface area contributed by atoms with Crippen molar-refractivity contribution in [2.75, 3.05) is 5.32 Å². The van der Waals surface area contributed by atoms with Gasteiger partial charge in [-0.15, -0.1) is 11.3 Å². The summed E-state index contributed by atoms with van der Waals surface area (Å²) in [5.74, 6) is 0.662. The van der Waals surface area contributed by atoms with Crippen LogP contribution in [0, 0.1) is 11.3 Å². The highest BCUT2D eigenvalue weighted by atomic mass is 35.5. The van der Waals surface area contributed by atoms with Crippen LogP contribution in [0.4, 0.5) is 5.82 Å². The van der Waals surface area contributed by atoms with Crippen molar-refractivity contribution in [3.05, 3.63) is 50.9 Å². The summed E-state index contributed by atoms with van der Waals surface area (Å²) in [5, 5.41) is 17.2. The van der Waals surface area contributed by atoms with Crippen molar-refractivity contribution in [2.24, 2.45) is 0 Å². The quantitative estimate of drug-likeness (QED) is 0.728. The first-order valence-corrected chi connectivity index (χ1v) is 8.57. The van der Waals surface area contributed by atoms with Gasteiger partial charge in [-0.2, -0.15) is 5.26 Å². The van der Waals surface area contributed by atoms with Crippen LogP contribution in [0.5, 0.6) is 0 Å². The van der Waals surface area contributed by atoms with E-state index in [1.807, 2.05) is 13.0 Å². The van der Waals surface area contributed by atoms with Crippen LogP contribution in [0.15, 0.2) is 29.6 Å². The molecule has 1 aromatic carbocycles. The Balaban J connectivity index is 1.94. The Morgan fingerprint density at radius 1 is 1.35 bits per heavy atom. The van der Waals surface area contributed by atoms with Gasteiger partial charge in [0.25, 0.3) is 0 Å². The lowest BCUT2D eigenvalue weighted by Crippen LogP contribution is -2.09. The largest absolute Gasteiger partial charge is 0.362 e. The average Bonchev–Trinajstić information content (AvgIpc) is 3.03. The van der Waals surface area contributed by atoms with Crippen LogP contribution < -0.4 is 5.32 Å². The molecule has 4 nitrogen and oxygen atoms in total. The van der Waals surface area contributed by atoms with E-state index < -0.39 is 0 Å². The number of fused-ring (bicyclic) bond motifs is 1. The second-order valence-electron chi connectivity index (χ2n) is 5.21. The van der Waals surface area contributed by atoms with Gasteiger partial charge in [-0.1, -0.05) is 18.5 Å². The van der Waals surface area contributed by atoms with E-state index in [-0.39, 0.29) is 6.04 Å². The molecular formula is C17H15ClN4S. The molecule has 3 rings (SSSR count). The molecule has 0 saturated heterocycles. The van der Waals surface area contributed by atoms with Gasteiger partial charge in [-0.25, -0.2) is 9.97 Å². The maximum atomic E-state index is 9.38. The summed E-state index contributed by atoms with van der Waals surface area (Å²) in [4.78, 5) is 9.16. The topological polar surface area (TPSA) is 61.6 Å². The first-order chi connectivity index (χ1) is 11.1. The van der Waals surface area contributed by atoms with Crippen LogP contribution in [0.3, 0.4) is 0 Å². The Labute approximate surface area is 143 Å². The molecule has 0 bridgehead atoms. The van der Waals surface area contributed by atoms with Crippen LogP contribution in [0.25, 0.3) is 10.9 Å². The number of nitrogens with zero attached hydrogens (tertiary/aromatic N) is 3. The van der Waals surface area contributed by atoms with Crippen LogP contribution in [0.1, 0.15) is 36.2 Å². The van der Waals surface area contributed by atoms with Crippen molar-refractivity contribution in [3.63, 3.8) is 0 Å². The maximum absolute atomic E-state index is 9.38. The lowest BCUT2D eigenvalue weighted by molar-refractivity contribution is 0.833. The van der Waals surface area contributed by atoms with Crippen LogP contribution >= 0.6 is 22.9 Å². The third kappa shape index (κ3) is 3.29.